The first-order valence-electron chi connectivity index (χ1n) is 13.9. The minimum atomic E-state index is -3.66. The van der Waals surface area contributed by atoms with Crippen LogP contribution in [0, 0.1) is 5.82 Å². The summed E-state index contributed by atoms with van der Waals surface area (Å²) in [7, 11) is -4.65. The van der Waals surface area contributed by atoms with Gasteiger partial charge < -0.3 is 9.16 Å². The predicted molar refractivity (Wildman–Crippen MR) is 167 cm³/mol. The Bertz CT molecular complexity index is 1400. The highest BCUT2D eigenvalue weighted by molar-refractivity contribution is 7.92. The van der Waals surface area contributed by atoms with E-state index in [1.54, 1.807) is 31.2 Å². The molecule has 0 radical (unpaired) electrons. The van der Waals surface area contributed by atoms with E-state index in [4.69, 9.17) is 9.16 Å². The Kier molecular flexibility index (Phi) is 11.7. The fraction of sp³-hybridized carbons (Fsp3) is 0.533. The van der Waals surface area contributed by atoms with Crippen LogP contribution in [0.5, 0.6) is 0 Å². The number of ketones is 1. The minimum absolute atomic E-state index is 0.0173. The van der Waals surface area contributed by atoms with Crippen molar-refractivity contribution in [2.45, 2.75) is 84.5 Å². The van der Waals surface area contributed by atoms with Gasteiger partial charge in [-0.2, -0.15) is 0 Å². The largest absolute Gasteiger partial charge is 0.466 e. The second-order valence-corrected chi connectivity index (χ2v) is 18.8. The van der Waals surface area contributed by atoms with Crippen molar-refractivity contribution in [2.24, 2.45) is 0 Å². The maximum Gasteiger partial charge on any atom is 0.313 e. The Hall–Kier alpha value is -2.96. The van der Waals surface area contributed by atoms with E-state index in [0.717, 1.165) is 10.6 Å². The van der Waals surface area contributed by atoms with Gasteiger partial charge in [0.05, 0.1) is 30.4 Å². The molecule has 1 atom stereocenters. The Morgan fingerprint density at radius 1 is 1.12 bits per heavy atom. The molecule has 0 bridgehead atoms. The smallest absolute Gasteiger partial charge is 0.313 e. The topological polar surface area (TPSA) is 116 Å². The van der Waals surface area contributed by atoms with Crippen molar-refractivity contribution in [2.75, 3.05) is 24.2 Å². The van der Waals surface area contributed by atoms with Crippen molar-refractivity contribution < 1.29 is 31.6 Å². The molecule has 0 spiro atoms. The summed E-state index contributed by atoms with van der Waals surface area (Å²) < 4.78 is 51.1. The molecule has 1 aromatic heterocycles. The molecule has 2 aromatic rings. The first kappa shape index (κ1) is 35.2. The van der Waals surface area contributed by atoms with Crippen molar-refractivity contribution in [3.63, 3.8) is 0 Å². The molecular weight excluding hydrogens is 577 g/mol. The summed E-state index contributed by atoms with van der Waals surface area (Å²) in [5.74, 6) is -1.49. The molecule has 0 fully saturated rings. The van der Waals surface area contributed by atoms with Crippen molar-refractivity contribution in [1.82, 2.24) is 9.97 Å². The highest BCUT2D eigenvalue weighted by Crippen LogP contribution is 2.38. The average molecular weight is 622 g/mol. The molecule has 0 aliphatic heterocycles. The van der Waals surface area contributed by atoms with Gasteiger partial charge in [0, 0.05) is 24.6 Å². The van der Waals surface area contributed by atoms with Gasteiger partial charge >= 0.3 is 5.97 Å². The summed E-state index contributed by atoms with van der Waals surface area (Å²) >= 11 is 0. The van der Waals surface area contributed by atoms with Crippen LogP contribution in [0.25, 0.3) is 17.3 Å². The van der Waals surface area contributed by atoms with Crippen LogP contribution in [0.3, 0.4) is 0 Å². The van der Waals surface area contributed by atoms with E-state index in [-0.39, 0.29) is 42.1 Å². The van der Waals surface area contributed by atoms with E-state index in [9.17, 15) is 22.4 Å². The average Bonchev–Trinajstić information content (AvgIpc) is 2.85. The maximum absolute atomic E-state index is 13.8. The number of hydrogen-bond donors (Lipinski definition) is 0. The standard InChI is InChI=1S/C30H44FN3O6SSi/c1-11-39-26(36)19-23(35)18-24(40-42(9,10)30(4,5)6)16-17-25-27(20(2)3)32-29(34(7)41(8,37)38)33-28(25)21-12-14-22(31)15-13-21/h12-17,20,24H,11,18-19H2,1-10H3/b17-16+/t24-/m1/s1. The summed E-state index contributed by atoms with van der Waals surface area (Å²) in [6.07, 6.45) is 3.54. The second kappa shape index (κ2) is 14.0. The van der Waals surface area contributed by atoms with Gasteiger partial charge in [-0.05, 0) is 55.2 Å². The maximum atomic E-state index is 13.8. The van der Waals surface area contributed by atoms with Gasteiger partial charge in [-0.3, -0.25) is 9.59 Å². The molecule has 0 aliphatic carbocycles. The molecule has 2 rings (SSSR count). The third-order valence-corrected chi connectivity index (χ3v) is 12.9. The van der Waals surface area contributed by atoms with Gasteiger partial charge in [0.25, 0.3) is 0 Å². The minimum Gasteiger partial charge on any atom is -0.466 e. The number of benzene rings is 1. The number of hydrogen-bond acceptors (Lipinski definition) is 8. The van der Waals surface area contributed by atoms with Crippen LogP contribution in [-0.2, 0) is 28.8 Å². The lowest BCUT2D eigenvalue weighted by Crippen LogP contribution is -2.44. The highest BCUT2D eigenvalue weighted by atomic mass is 32.2. The van der Waals surface area contributed by atoms with E-state index < -0.39 is 36.2 Å². The van der Waals surface area contributed by atoms with Gasteiger partial charge in [0.2, 0.25) is 16.0 Å². The van der Waals surface area contributed by atoms with Crippen molar-refractivity contribution >= 4 is 42.1 Å². The normalized spacial score (nSPS) is 13.4. The fourth-order valence-corrected chi connectivity index (χ4v) is 5.42. The number of ether oxygens (including phenoxy) is 1. The molecule has 0 amide bonds. The van der Waals surface area contributed by atoms with Crippen LogP contribution in [0.2, 0.25) is 18.1 Å². The monoisotopic (exact) mass is 621 g/mol. The molecule has 12 heteroatoms. The first-order chi connectivity index (χ1) is 19.3. The summed E-state index contributed by atoms with van der Waals surface area (Å²) in [4.78, 5) is 34.1. The van der Waals surface area contributed by atoms with Gasteiger partial charge in [0.15, 0.2) is 8.32 Å². The molecule has 9 nitrogen and oxygen atoms in total. The van der Waals surface area contributed by atoms with E-state index >= 15 is 0 Å². The van der Waals surface area contributed by atoms with Crippen LogP contribution < -0.4 is 4.31 Å². The number of aromatic nitrogens is 2. The van der Waals surface area contributed by atoms with E-state index in [2.05, 4.69) is 43.8 Å². The number of nitrogens with zero attached hydrogens (tertiary/aromatic N) is 3. The number of anilines is 1. The number of sulfonamides is 1. The summed E-state index contributed by atoms with van der Waals surface area (Å²) in [5.41, 5.74) is 2.11. The third-order valence-electron chi connectivity index (χ3n) is 7.21. The quantitative estimate of drug-likeness (QED) is 0.149. The zero-order valence-electron chi connectivity index (χ0n) is 26.3. The van der Waals surface area contributed by atoms with Crippen molar-refractivity contribution in [3.05, 3.63) is 47.4 Å². The number of carbonyl (C=O) groups excluding carboxylic acids is 2. The Morgan fingerprint density at radius 3 is 2.21 bits per heavy atom. The third kappa shape index (κ3) is 9.53. The van der Waals surface area contributed by atoms with Crippen LogP contribution >= 0.6 is 0 Å². The van der Waals surface area contributed by atoms with Crippen LogP contribution in [0.15, 0.2) is 30.3 Å². The van der Waals surface area contributed by atoms with Crippen LogP contribution in [0.1, 0.15) is 71.6 Å². The number of halogens is 1. The van der Waals surface area contributed by atoms with Crippen molar-refractivity contribution in [1.29, 1.82) is 0 Å². The molecule has 0 saturated heterocycles. The molecular formula is C30H44FN3O6SSi. The number of rotatable bonds is 13. The summed E-state index contributed by atoms with van der Waals surface area (Å²) in [6.45, 7) is 16.1. The molecule has 1 heterocycles. The zero-order valence-corrected chi connectivity index (χ0v) is 28.1. The number of esters is 1. The zero-order chi connectivity index (χ0) is 32.0. The van der Waals surface area contributed by atoms with Gasteiger partial charge in [-0.15, -0.1) is 0 Å². The molecule has 0 saturated carbocycles. The Morgan fingerprint density at radius 2 is 1.71 bits per heavy atom. The van der Waals surface area contributed by atoms with E-state index in [0.29, 0.717) is 22.5 Å². The molecule has 42 heavy (non-hydrogen) atoms. The second-order valence-electron chi connectivity index (χ2n) is 12.1. The summed E-state index contributed by atoms with van der Waals surface area (Å²) in [6, 6.07) is 5.74. The molecule has 232 valence electrons. The summed E-state index contributed by atoms with van der Waals surface area (Å²) in [5, 5.41) is -0.146. The van der Waals surface area contributed by atoms with E-state index in [1.807, 2.05) is 13.8 Å². The lowest BCUT2D eigenvalue weighted by atomic mass is 9.97. The van der Waals surface area contributed by atoms with Crippen LogP contribution in [-0.4, -0.2) is 64.5 Å². The molecule has 0 unspecified atom stereocenters. The lowest BCUT2D eigenvalue weighted by Gasteiger charge is -2.38. The van der Waals surface area contributed by atoms with Gasteiger partial charge in [0.1, 0.15) is 18.0 Å². The highest BCUT2D eigenvalue weighted by Gasteiger charge is 2.39. The molecule has 1 aromatic carbocycles. The SMILES string of the molecule is CCOC(=O)CC(=O)C[C@@H](/C=C/c1c(-c2ccc(F)cc2)nc(N(C)S(C)(=O)=O)nc1C(C)C)O[Si](C)(C)C(C)(C)C. The fourth-order valence-electron chi connectivity index (χ4n) is 3.77. The Labute approximate surface area is 250 Å². The first-order valence-corrected chi connectivity index (χ1v) is 18.7. The molecule has 0 aliphatic rings. The van der Waals surface area contributed by atoms with E-state index in [1.165, 1.54) is 19.2 Å². The van der Waals surface area contributed by atoms with Crippen molar-refractivity contribution in [3.8, 4) is 11.3 Å². The Balaban J connectivity index is 2.72. The van der Waals surface area contributed by atoms with Gasteiger partial charge in [-0.25, -0.2) is 27.1 Å². The van der Waals surface area contributed by atoms with Gasteiger partial charge in [-0.1, -0.05) is 46.8 Å². The predicted octanol–water partition coefficient (Wildman–Crippen LogP) is 6.12. The number of Topliss-reactive ketones (excluding diaryl/α,β-unsaturated/α-hetero) is 1. The number of carbonyl (C=O) groups is 2. The molecule has 0 N–H and O–H groups in total. The van der Waals surface area contributed by atoms with Crippen LogP contribution in [0.4, 0.5) is 10.3 Å². The lowest BCUT2D eigenvalue weighted by molar-refractivity contribution is -0.145.